The second-order valence-electron chi connectivity index (χ2n) is 5.78. The quantitative estimate of drug-likeness (QED) is 0.783. The van der Waals surface area contributed by atoms with Crippen molar-refractivity contribution in [2.45, 2.75) is 13.3 Å². The van der Waals surface area contributed by atoms with E-state index in [1.165, 1.54) is 36.4 Å². The molecule has 0 saturated heterocycles. The summed E-state index contributed by atoms with van der Waals surface area (Å²) in [6.45, 7) is 2.06. The zero-order chi connectivity index (χ0) is 18.1. The maximum Gasteiger partial charge on any atom is 0.332 e. The first kappa shape index (κ1) is 16.6. The molecule has 0 radical (unpaired) electrons. The summed E-state index contributed by atoms with van der Waals surface area (Å²) in [5, 5.41) is 3.05. The predicted molar refractivity (Wildman–Crippen MR) is 96.0 cm³/mol. The lowest BCUT2D eigenvalue weighted by Crippen LogP contribution is -2.37. The number of aromatic nitrogens is 3. The number of benzene rings is 1. The Morgan fingerprint density at radius 1 is 1.04 bits per heavy atom. The van der Waals surface area contributed by atoms with Gasteiger partial charge in [0, 0.05) is 19.8 Å². The number of carbonyl (C=O) groups is 1. The molecule has 1 N–H and O–H groups in total. The highest BCUT2D eigenvalue weighted by Crippen LogP contribution is 2.12. The molecule has 7 heteroatoms. The largest absolute Gasteiger partial charge is 0.332 e. The van der Waals surface area contributed by atoms with E-state index in [-0.39, 0.29) is 16.7 Å². The Balaban J connectivity index is 1.99. The minimum atomic E-state index is -0.488. The molecule has 0 aliphatic heterocycles. The zero-order valence-corrected chi connectivity index (χ0v) is 14.2. The van der Waals surface area contributed by atoms with Crippen LogP contribution in [0.4, 0.5) is 5.69 Å². The topological polar surface area (TPSA) is 86.0 Å². The third-order valence-corrected chi connectivity index (χ3v) is 4.15. The van der Waals surface area contributed by atoms with Crippen LogP contribution in [-0.2, 0) is 20.5 Å². The molecule has 2 heterocycles. The highest BCUT2D eigenvalue weighted by molar-refractivity contribution is 6.03. The lowest BCUT2D eigenvalue weighted by molar-refractivity contribution is 0.102. The van der Waals surface area contributed by atoms with E-state index in [0.29, 0.717) is 5.69 Å². The van der Waals surface area contributed by atoms with E-state index in [1.54, 1.807) is 0 Å². The summed E-state index contributed by atoms with van der Waals surface area (Å²) in [6, 6.07) is 10.5. The summed E-state index contributed by atoms with van der Waals surface area (Å²) < 4.78 is 2.27. The van der Waals surface area contributed by atoms with Gasteiger partial charge in [-0.15, -0.1) is 0 Å². The smallest absolute Gasteiger partial charge is 0.321 e. The fourth-order valence-corrected chi connectivity index (χ4v) is 2.60. The SMILES string of the molecule is CCc1ccc(NC(=O)c2ccc3c(=O)n(C)c(=O)n(C)c3n2)cc1. The minimum Gasteiger partial charge on any atom is -0.321 e. The van der Waals surface area contributed by atoms with Gasteiger partial charge in [-0.1, -0.05) is 19.1 Å². The predicted octanol–water partition coefficient (Wildman–Crippen LogP) is 1.45. The molecule has 3 aromatic rings. The molecule has 0 unspecified atom stereocenters. The molecular weight excluding hydrogens is 320 g/mol. The molecular formula is C18H18N4O3. The van der Waals surface area contributed by atoms with Crippen molar-refractivity contribution < 1.29 is 4.79 Å². The van der Waals surface area contributed by atoms with Crippen molar-refractivity contribution in [2.75, 3.05) is 5.32 Å². The molecule has 2 aromatic heterocycles. The second-order valence-corrected chi connectivity index (χ2v) is 5.78. The number of nitrogens with zero attached hydrogens (tertiary/aromatic N) is 3. The summed E-state index contributed by atoms with van der Waals surface area (Å²) in [7, 11) is 2.92. The van der Waals surface area contributed by atoms with Crippen molar-refractivity contribution in [1.82, 2.24) is 14.1 Å². The molecule has 0 spiro atoms. The fraction of sp³-hybridized carbons (Fsp3) is 0.222. The van der Waals surface area contributed by atoms with Gasteiger partial charge in [0.2, 0.25) is 0 Å². The van der Waals surface area contributed by atoms with Crippen LogP contribution in [0.1, 0.15) is 23.0 Å². The number of hydrogen-bond donors (Lipinski definition) is 1. The number of aryl methyl sites for hydroxylation is 2. The molecule has 0 aliphatic carbocycles. The van der Waals surface area contributed by atoms with Gasteiger partial charge in [0.05, 0.1) is 5.39 Å². The highest BCUT2D eigenvalue weighted by Gasteiger charge is 2.14. The summed E-state index contributed by atoms with van der Waals surface area (Å²) in [6.07, 6.45) is 0.920. The van der Waals surface area contributed by atoms with Crippen molar-refractivity contribution in [2.24, 2.45) is 14.1 Å². The van der Waals surface area contributed by atoms with Gasteiger partial charge in [-0.2, -0.15) is 0 Å². The number of rotatable bonds is 3. The van der Waals surface area contributed by atoms with Crippen LogP contribution in [0.3, 0.4) is 0 Å². The van der Waals surface area contributed by atoms with Gasteiger partial charge in [0.15, 0.2) is 0 Å². The Morgan fingerprint density at radius 2 is 1.72 bits per heavy atom. The maximum absolute atomic E-state index is 12.4. The Labute approximate surface area is 143 Å². The van der Waals surface area contributed by atoms with Crippen LogP contribution in [0.2, 0.25) is 0 Å². The van der Waals surface area contributed by atoms with Crippen molar-refractivity contribution in [3.8, 4) is 0 Å². The number of hydrogen-bond acceptors (Lipinski definition) is 4. The molecule has 0 atom stereocenters. The lowest BCUT2D eigenvalue weighted by Gasteiger charge is -2.09. The van der Waals surface area contributed by atoms with Crippen molar-refractivity contribution >= 4 is 22.6 Å². The van der Waals surface area contributed by atoms with E-state index in [0.717, 1.165) is 11.0 Å². The standard InChI is InChI=1S/C18H18N4O3/c1-4-11-5-7-12(8-6-11)19-16(23)14-10-9-13-15(20-14)21(2)18(25)22(3)17(13)24/h5-10H,4H2,1-3H3,(H,19,23). The van der Waals surface area contributed by atoms with E-state index in [9.17, 15) is 14.4 Å². The van der Waals surface area contributed by atoms with Gasteiger partial charge in [-0.25, -0.2) is 9.78 Å². The number of carbonyl (C=O) groups excluding carboxylic acids is 1. The van der Waals surface area contributed by atoms with Crippen LogP contribution in [0.15, 0.2) is 46.0 Å². The number of pyridine rings is 1. The maximum atomic E-state index is 12.4. The van der Waals surface area contributed by atoms with E-state index in [2.05, 4.69) is 17.2 Å². The van der Waals surface area contributed by atoms with Crippen molar-refractivity contribution in [1.29, 1.82) is 0 Å². The normalized spacial score (nSPS) is 10.8. The van der Waals surface area contributed by atoms with E-state index in [4.69, 9.17) is 0 Å². The van der Waals surface area contributed by atoms with Crippen molar-refractivity contribution in [3.05, 3.63) is 68.5 Å². The van der Waals surface area contributed by atoms with E-state index < -0.39 is 17.2 Å². The van der Waals surface area contributed by atoms with Crippen LogP contribution < -0.4 is 16.6 Å². The minimum absolute atomic E-state index is 0.135. The van der Waals surface area contributed by atoms with Gasteiger partial charge >= 0.3 is 5.69 Å². The monoisotopic (exact) mass is 338 g/mol. The third kappa shape index (κ3) is 2.96. The van der Waals surface area contributed by atoms with Crippen LogP contribution in [-0.4, -0.2) is 20.0 Å². The third-order valence-electron chi connectivity index (χ3n) is 4.15. The van der Waals surface area contributed by atoms with Crippen LogP contribution in [0, 0.1) is 0 Å². The lowest BCUT2D eigenvalue weighted by atomic mass is 10.1. The first-order valence-corrected chi connectivity index (χ1v) is 7.89. The Bertz CT molecular complexity index is 1080. The first-order valence-electron chi connectivity index (χ1n) is 7.89. The van der Waals surface area contributed by atoms with Gasteiger partial charge in [-0.05, 0) is 36.2 Å². The van der Waals surface area contributed by atoms with Gasteiger partial charge in [0.25, 0.3) is 11.5 Å². The summed E-state index contributed by atoms with van der Waals surface area (Å²) in [4.78, 5) is 40.8. The zero-order valence-electron chi connectivity index (χ0n) is 14.2. The van der Waals surface area contributed by atoms with Crippen molar-refractivity contribution in [3.63, 3.8) is 0 Å². The number of fused-ring (bicyclic) bond motifs is 1. The molecule has 0 aliphatic rings. The Kier molecular flexibility index (Phi) is 4.22. The van der Waals surface area contributed by atoms with Crippen LogP contribution in [0.25, 0.3) is 11.0 Å². The number of nitrogens with one attached hydrogen (secondary N) is 1. The molecule has 25 heavy (non-hydrogen) atoms. The van der Waals surface area contributed by atoms with Crippen LogP contribution >= 0.6 is 0 Å². The molecule has 1 amide bonds. The number of amides is 1. The molecule has 0 bridgehead atoms. The molecule has 1 aromatic carbocycles. The van der Waals surface area contributed by atoms with Gasteiger partial charge in [-0.3, -0.25) is 18.7 Å². The summed E-state index contributed by atoms with van der Waals surface area (Å²) in [5.74, 6) is -0.403. The Hall–Kier alpha value is -3.22. The van der Waals surface area contributed by atoms with Gasteiger partial charge < -0.3 is 5.32 Å². The second kappa shape index (κ2) is 6.35. The first-order chi connectivity index (χ1) is 11.9. The average molecular weight is 338 g/mol. The summed E-state index contributed by atoms with van der Waals surface area (Å²) in [5.41, 5.74) is 1.22. The Morgan fingerprint density at radius 3 is 2.36 bits per heavy atom. The summed E-state index contributed by atoms with van der Waals surface area (Å²) >= 11 is 0. The molecule has 7 nitrogen and oxygen atoms in total. The van der Waals surface area contributed by atoms with E-state index in [1.807, 2.05) is 24.3 Å². The average Bonchev–Trinajstić information content (AvgIpc) is 2.64. The molecule has 128 valence electrons. The molecule has 0 fully saturated rings. The number of anilines is 1. The highest BCUT2D eigenvalue weighted by atomic mass is 16.2. The van der Waals surface area contributed by atoms with Crippen LogP contribution in [0.5, 0.6) is 0 Å². The van der Waals surface area contributed by atoms with E-state index >= 15 is 0 Å². The molecule has 3 rings (SSSR count). The molecule has 0 saturated carbocycles. The fourth-order valence-electron chi connectivity index (χ4n) is 2.60. The van der Waals surface area contributed by atoms with Gasteiger partial charge in [0.1, 0.15) is 11.3 Å².